The topological polar surface area (TPSA) is 135 Å². The molecule has 0 aliphatic heterocycles. The number of nitro groups is 1. The normalized spacial score (nSPS) is 10.8. The Kier molecular flexibility index (Phi) is 3.78. The number of aryl methyl sites for hydroxylation is 1. The molecule has 0 atom stereocenters. The highest BCUT2D eigenvalue weighted by Gasteiger charge is 2.22. The molecule has 0 saturated heterocycles. The molecular formula is C14H9ClN4O5. The number of nitro benzene ring substituents is 1. The van der Waals surface area contributed by atoms with Crippen molar-refractivity contribution in [3.8, 4) is 34.3 Å². The number of aromatic nitrogens is 3. The number of benzene rings is 1. The fraction of sp³-hybridized carbons (Fsp3) is 0.0714. The van der Waals surface area contributed by atoms with Crippen LogP contribution in [0.3, 0.4) is 0 Å². The fourth-order valence-corrected chi connectivity index (χ4v) is 2.29. The van der Waals surface area contributed by atoms with Gasteiger partial charge in [-0.3, -0.25) is 10.1 Å². The quantitative estimate of drug-likeness (QED) is 0.319. The maximum absolute atomic E-state index is 10.9. The summed E-state index contributed by atoms with van der Waals surface area (Å²) in [5, 5.41) is 34.0. The van der Waals surface area contributed by atoms with Crippen molar-refractivity contribution >= 4 is 17.3 Å². The van der Waals surface area contributed by atoms with Crippen LogP contribution < -0.4 is 0 Å². The van der Waals surface area contributed by atoms with Crippen LogP contribution in [0, 0.1) is 17.0 Å². The first-order valence-electron chi connectivity index (χ1n) is 6.55. The summed E-state index contributed by atoms with van der Waals surface area (Å²) in [4.78, 5) is 18.2. The summed E-state index contributed by atoms with van der Waals surface area (Å²) in [6.07, 6.45) is 0. The molecule has 9 nitrogen and oxygen atoms in total. The highest BCUT2D eigenvalue weighted by atomic mass is 35.5. The Balaban J connectivity index is 2.07. The summed E-state index contributed by atoms with van der Waals surface area (Å²) in [5.41, 5.74) is 0.535. The van der Waals surface area contributed by atoms with Crippen molar-refractivity contribution in [1.29, 1.82) is 0 Å². The van der Waals surface area contributed by atoms with Crippen molar-refractivity contribution in [2.24, 2.45) is 0 Å². The Morgan fingerprint density at radius 3 is 2.67 bits per heavy atom. The van der Waals surface area contributed by atoms with E-state index in [1.165, 1.54) is 0 Å². The summed E-state index contributed by atoms with van der Waals surface area (Å²) < 4.78 is 5.06. The summed E-state index contributed by atoms with van der Waals surface area (Å²) in [5.74, 6) is -1.46. The average Bonchev–Trinajstić information content (AvgIpc) is 2.99. The molecule has 3 aromatic rings. The van der Waals surface area contributed by atoms with Gasteiger partial charge in [-0.1, -0.05) is 16.8 Å². The molecule has 0 fully saturated rings. The largest absolute Gasteiger partial charge is 0.504 e. The maximum atomic E-state index is 10.9. The predicted molar refractivity (Wildman–Crippen MR) is 82.7 cm³/mol. The van der Waals surface area contributed by atoms with Gasteiger partial charge in [-0.05, 0) is 25.1 Å². The van der Waals surface area contributed by atoms with E-state index in [-0.39, 0.29) is 22.4 Å². The monoisotopic (exact) mass is 348 g/mol. The molecule has 1 aromatic carbocycles. The van der Waals surface area contributed by atoms with E-state index in [9.17, 15) is 20.3 Å². The Bertz CT molecular complexity index is 956. The third-order valence-corrected chi connectivity index (χ3v) is 3.46. The number of hydrogen-bond donors (Lipinski definition) is 2. The van der Waals surface area contributed by atoms with Crippen LogP contribution in [0.4, 0.5) is 5.69 Å². The van der Waals surface area contributed by atoms with Crippen molar-refractivity contribution in [2.75, 3.05) is 0 Å². The summed E-state index contributed by atoms with van der Waals surface area (Å²) in [6.45, 7) is 1.77. The van der Waals surface area contributed by atoms with Crippen LogP contribution in [0.1, 0.15) is 5.69 Å². The highest BCUT2D eigenvalue weighted by Crippen LogP contribution is 2.39. The van der Waals surface area contributed by atoms with E-state index in [0.717, 1.165) is 12.1 Å². The second-order valence-electron chi connectivity index (χ2n) is 4.83. The molecular weight excluding hydrogens is 340 g/mol. The second kappa shape index (κ2) is 5.78. The molecule has 2 N–H and O–H groups in total. The van der Waals surface area contributed by atoms with Crippen molar-refractivity contribution in [3.63, 3.8) is 0 Å². The van der Waals surface area contributed by atoms with Crippen molar-refractivity contribution < 1.29 is 19.7 Å². The third-order valence-electron chi connectivity index (χ3n) is 3.17. The van der Waals surface area contributed by atoms with Gasteiger partial charge in [-0.2, -0.15) is 4.98 Å². The standard InChI is InChI=1S/C14H9ClN4O5/c1-6-2-3-8(12(15)16-6)13-17-14(24-18-13)7-4-9(19(22)23)11(21)10(20)5-7/h2-5,20-21H,1H3. The first-order chi connectivity index (χ1) is 11.4. The molecule has 0 aliphatic rings. The van der Waals surface area contributed by atoms with E-state index >= 15 is 0 Å². The first kappa shape index (κ1) is 15.7. The molecule has 2 aromatic heterocycles. The zero-order chi connectivity index (χ0) is 17.4. The van der Waals surface area contributed by atoms with Gasteiger partial charge in [0.2, 0.25) is 11.6 Å². The van der Waals surface area contributed by atoms with Gasteiger partial charge in [0.05, 0.1) is 16.1 Å². The second-order valence-corrected chi connectivity index (χ2v) is 5.19. The molecule has 0 spiro atoms. The van der Waals surface area contributed by atoms with Crippen LogP contribution in [0.25, 0.3) is 22.8 Å². The zero-order valence-electron chi connectivity index (χ0n) is 12.1. The van der Waals surface area contributed by atoms with Gasteiger partial charge in [-0.15, -0.1) is 0 Å². The van der Waals surface area contributed by atoms with Crippen molar-refractivity contribution in [3.05, 3.63) is 45.2 Å². The lowest BCUT2D eigenvalue weighted by Crippen LogP contribution is -1.91. The average molecular weight is 349 g/mol. The van der Waals surface area contributed by atoms with E-state index in [4.69, 9.17) is 16.1 Å². The third kappa shape index (κ3) is 2.72. The molecule has 0 aliphatic carbocycles. The van der Waals surface area contributed by atoms with Gasteiger partial charge in [0, 0.05) is 11.8 Å². The van der Waals surface area contributed by atoms with E-state index in [1.807, 2.05) is 0 Å². The van der Waals surface area contributed by atoms with E-state index < -0.39 is 22.1 Å². The number of rotatable bonds is 3. The SMILES string of the molecule is Cc1ccc(-c2noc(-c3cc(O)c(O)c([N+](=O)[O-])c3)n2)c(Cl)n1. The first-order valence-corrected chi connectivity index (χ1v) is 6.92. The maximum Gasteiger partial charge on any atom is 0.315 e. The van der Waals surface area contributed by atoms with Gasteiger partial charge >= 0.3 is 5.69 Å². The highest BCUT2D eigenvalue weighted by molar-refractivity contribution is 6.31. The van der Waals surface area contributed by atoms with Gasteiger partial charge in [-0.25, -0.2) is 4.98 Å². The Morgan fingerprint density at radius 2 is 2.00 bits per heavy atom. The smallest absolute Gasteiger partial charge is 0.315 e. The number of nitrogens with zero attached hydrogens (tertiary/aromatic N) is 4. The zero-order valence-corrected chi connectivity index (χ0v) is 12.9. The van der Waals surface area contributed by atoms with E-state index in [2.05, 4.69) is 15.1 Å². The van der Waals surface area contributed by atoms with Crippen LogP contribution in [-0.4, -0.2) is 30.3 Å². The summed E-state index contributed by atoms with van der Waals surface area (Å²) in [7, 11) is 0. The van der Waals surface area contributed by atoms with E-state index in [1.54, 1.807) is 19.1 Å². The number of hydrogen-bond acceptors (Lipinski definition) is 8. The van der Waals surface area contributed by atoms with E-state index in [0.29, 0.717) is 11.3 Å². The minimum atomic E-state index is -0.839. The van der Waals surface area contributed by atoms with Gasteiger partial charge < -0.3 is 14.7 Å². The Hall–Kier alpha value is -3.20. The molecule has 122 valence electrons. The lowest BCUT2D eigenvalue weighted by Gasteiger charge is -2.01. The van der Waals surface area contributed by atoms with Crippen LogP contribution in [0.2, 0.25) is 5.15 Å². The molecule has 3 rings (SSSR count). The number of phenols is 2. The van der Waals surface area contributed by atoms with Crippen molar-refractivity contribution in [2.45, 2.75) is 6.92 Å². The summed E-state index contributed by atoms with van der Waals surface area (Å²) in [6, 6.07) is 5.47. The minimum Gasteiger partial charge on any atom is -0.504 e. The Labute approximate surface area is 139 Å². The number of pyridine rings is 1. The lowest BCUT2D eigenvalue weighted by atomic mass is 10.1. The molecule has 10 heteroatoms. The lowest BCUT2D eigenvalue weighted by molar-refractivity contribution is -0.385. The molecule has 0 saturated carbocycles. The van der Waals surface area contributed by atoms with Crippen LogP contribution >= 0.6 is 11.6 Å². The molecule has 0 amide bonds. The molecule has 0 radical (unpaired) electrons. The van der Waals surface area contributed by atoms with Crippen LogP contribution in [0.5, 0.6) is 11.5 Å². The molecule has 24 heavy (non-hydrogen) atoms. The Morgan fingerprint density at radius 1 is 1.25 bits per heavy atom. The van der Waals surface area contributed by atoms with Crippen LogP contribution in [0.15, 0.2) is 28.8 Å². The molecule has 0 unspecified atom stereocenters. The van der Waals surface area contributed by atoms with Gasteiger partial charge in [0.15, 0.2) is 5.75 Å². The fourth-order valence-electron chi connectivity index (χ4n) is 2.01. The molecule has 0 bridgehead atoms. The predicted octanol–water partition coefficient (Wildman–Crippen LogP) is 3.08. The molecule has 2 heterocycles. The van der Waals surface area contributed by atoms with Crippen molar-refractivity contribution in [1.82, 2.24) is 15.1 Å². The number of aromatic hydroxyl groups is 2. The summed E-state index contributed by atoms with van der Waals surface area (Å²) >= 11 is 6.04. The van der Waals surface area contributed by atoms with Gasteiger partial charge in [0.25, 0.3) is 5.89 Å². The number of halogens is 1. The number of phenolic OH excluding ortho intramolecular Hbond substituents is 2. The minimum absolute atomic E-state index is 0.0759. The van der Waals surface area contributed by atoms with Gasteiger partial charge in [0.1, 0.15) is 5.15 Å². The van der Waals surface area contributed by atoms with Crippen LogP contribution in [-0.2, 0) is 0 Å².